The van der Waals surface area contributed by atoms with Crippen molar-refractivity contribution in [3.8, 4) is 34.0 Å². The van der Waals surface area contributed by atoms with Gasteiger partial charge in [-0.05, 0) is 66.9 Å². The lowest BCUT2D eigenvalue weighted by molar-refractivity contribution is 0.0942. The number of hydrogen-bond donors (Lipinski definition) is 1. The van der Waals surface area contributed by atoms with E-state index in [0.717, 1.165) is 41.1 Å². The van der Waals surface area contributed by atoms with Crippen molar-refractivity contribution in [3.63, 3.8) is 0 Å². The number of nitrogens with one attached hydrogen (secondary N) is 1. The minimum Gasteiger partial charge on any atom is -0.494 e. The monoisotopic (exact) mass is 542 g/mol. The first-order valence-corrected chi connectivity index (χ1v) is 12.9. The molecule has 5 aromatic rings. The number of para-hydroxylation sites is 1. The summed E-state index contributed by atoms with van der Waals surface area (Å²) in [6, 6.07) is 22.1. The maximum Gasteiger partial charge on any atom is 0.273 e. The van der Waals surface area contributed by atoms with Crippen LogP contribution in [-0.4, -0.2) is 27.5 Å². The Kier molecular flexibility index (Phi) is 8.00. The molecule has 2 heterocycles. The van der Waals surface area contributed by atoms with Crippen molar-refractivity contribution in [3.05, 3.63) is 108 Å². The minimum absolute atomic E-state index is 0.0135. The molecule has 0 aliphatic rings. The Morgan fingerprint density at radius 2 is 1.73 bits per heavy atom. The van der Waals surface area contributed by atoms with Gasteiger partial charge in [0.05, 0.1) is 18.0 Å². The fourth-order valence-corrected chi connectivity index (χ4v) is 4.05. The summed E-state index contributed by atoms with van der Waals surface area (Å²) in [5.74, 6) is -0.972. The van der Waals surface area contributed by atoms with Crippen molar-refractivity contribution in [1.29, 1.82) is 0 Å². The van der Waals surface area contributed by atoms with Crippen LogP contribution in [0, 0.1) is 17.6 Å². The van der Waals surface area contributed by atoms with Crippen LogP contribution in [0.15, 0.2) is 89.6 Å². The average molecular weight is 543 g/mol. The summed E-state index contributed by atoms with van der Waals surface area (Å²) in [7, 11) is 0. The van der Waals surface area contributed by atoms with Crippen LogP contribution in [0.25, 0.3) is 28.3 Å². The van der Waals surface area contributed by atoms with Gasteiger partial charge in [-0.25, -0.2) is 13.5 Å². The fraction of sp³-hybridized carbons (Fsp3) is 0.194. The van der Waals surface area contributed by atoms with Crippen molar-refractivity contribution in [2.45, 2.75) is 26.8 Å². The number of ether oxygens (including phenoxy) is 1. The molecule has 0 bridgehead atoms. The van der Waals surface area contributed by atoms with Crippen LogP contribution in [0.3, 0.4) is 0 Å². The predicted molar refractivity (Wildman–Crippen MR) is 147 cm³/mol. The molecular formula is C31H28F2N4O3. The van der Waals surface area contributed by atoms with Gasteiger partial charge < -0.3 is 14.6 Å². The maximum atomic E-state index is 13.6. The van der Waals surface area contributed by atoms with Crippen molar-refractivity contribution < 1.29 is 22.8 Å². The van der Waals surface area contributed by atoms with E-state index in [1.807, 2.05) is 60.8 Å². The van der Waals surface area contributed by atoms with Gasteiger partial charge in [0.25, 0.3) is 5.91 Å². The number of nitrogens with zero attached hydrogens (tertiary/aromatic N) is 3. The highest BCUT2D eigenvalue weighted by Gasteiger charge is 2.18. The number of carbonyl (C=O) groups excluding carboxylic acids is 1. The topological polar surface area (TPSA) is 82.2 Å². The van der Waals surface area contributed by atoms with Crippen LogP contribution in [0.2, 0.25) is 0 Å². The van der Waals surface area contributed by atoms with Crippen LogP contribution in [0.5, 0.6) is 5.75 Å². The third-order valence-corrected chi connectivity index (χ3v) is 6.29. The SMILES string of the molecule is CC(C)CCOc1ccc(-c2nn(-c3ccccc3)cc2CNC(=O)c2cc(-c3ccc(F)c(F)c3)on2)cc1. The molecule has 204 valence electrons. The molecule has 0 radical (unpaired) electrons. The van der Waals surface area contributed by atoms with Crippen molar-refractivity contribution in [2.24, 2.45) is 5.92 Å². The van der Waals surface area contributed by atoms with Gasteiger partial charge in [-0.15, -0.1) is 0 Å². The molecule has 9 heteroatoms. The molecule has 2 aromatic heterocycles. The molecule has 40 heavy (non-hydrogen) atoms. The van der Waals surface area contributed by atoms with E-state index in [4.69, 9.17) is 14.4 Å². The van der Waals surface area contributed by atoms with Gasteiger partial charge in [-0.2, -0.15) is 5.10 Å². The Morgan fingerprint density at radius 3 is 2.45 bits per heavy atom. The van der Waals surface area contributed by atoms with E-state index in [1.165, 1.54) is 12.1 Å². The van der Waals surface area contributed by atoms with Gasteiger partial charge in [0.15, 0.2) is 23.1 Å². The number of halogens is 2. The van der Waals surface area contributed by atoms with Crippen molar-refractivity contribution in [1.82, 2.24) is 20.3 Å². The lowest BCUT2D eigenvalue weighted by Crippen LogP contribution is -2.23. The van der Waals surface area contributed by atoms with Gasteiger partial charge in [-0.1, -0.05) is 37.2 Å². The lowest BCUT2D eigenvalue weighted by atomic mass is 10.1. The molecule has 7 nitrogen and oxygen atoms in total. The van der Waals surface area contributed by atoms with E-state index < -0.39 is 17.5 Å². The Hall–Kier alpha value is -4.79. The number of rotatable bonds is 10. The highest BCUT2D eigenvalue weighted by atomic mass is 19.2. The molecule has 0 unspecified atom stereocenters. The zero-order valence-corrected chi connectivity index (χ0v) is 22.1. The van der Waals surface area contributed by atoms with E-state index in [1.54, 1.807) is 4.68 Å². The van der Waals surface area contributed by atoms with E-state index in [-0.39, 0.29) is 23.6 Å². The molecule has 3 aromatic carbocycles. The molecule has 0 aliphatic heterocycles. The molecule has 0 spiro atoms. The molecule has 0 saturated carbocycles. The Balaban J connectivity index is 1.34. The molecule has 0 saturated heterocycles. The van der Waals surface area contributed by atoms with E-state index in [2.05, 4.69) is 24.3 Å². The van der Waals surface area contributed by atoms with Gasteiger partial charge in [0, 0.05) is 35.5 Å². The van der Waals surface area contributed by atoms with Crippen LogP contribution in [0.1, 0.15) is 36.3 Å². The van der Waals surface area contributed by atoms with Crippen molar-refractivity contribution >= 4 is 5.91 Å². The molecule has 1 amide bonds. The normalized spacial score (nSPS) is 11.1. The van der Waals surface area contributed by atoms with Crippen molar-refractivity contribution in [2.75, 3.05) is 6.61 Å². The third kappa shape index (κ3) is 6.26. The zero-order chi connectivity index (χ0) is 28.1. The maximum absolute atomic E-state index is 13.6. The molecule has 0 aliphatic carbocycles. The van der Waals surface area contributed by atoms with E-state index in [9.17, 15) is 13.6 Å². The van der Waals surface area contributed by atoms with Crippen LogP contribution < -0.4 is 10.1 Å². The van der Waals surface area contributed by atoms with Gasteiger partial charge in [0.2, 0.25) is 0 Å². The van der Waals surface area contributed by atoms with Gasteiger partial charge in [0.1, 0.15) is 5.75 Å². The fourth-order valence-electron chi connectivity index (χ4n) is 4.05. The summed E-state index contributed by atoms with van der Waals surface area (Å²) in [6.07, 6.45) is 2.84. The summed E-state index contributed by atoms with van der Waals surface area (Å²) in [5.41, 5.74) is 3.53. The molecule has 1 N–H and O–H groups in total. The first kappa shape index (κ1) is 26.8. The minimum atomic E-state index is -1.02. The molecule has 0 fully saturated rings. The largest absolute Gasteiger partial charge is 0.494 e. The van der Waals surface area contributed by atoms with Crippen LogP contribution in [0.4, 0.5) is 8.78 Å². The third-order valence-electron chi connectivity index (χ3n) is 6.29. The Morgan fingerprint density at radius 1 is 0.975 bits per heavy atom. The second kappa shape index (κ2) is 11.9. The van der Waals surface area contributed by atoms with Gasteiger partial charge in [-0.3, -0.25) is 4.79 Å². The number of aromatic nitrogens is 3. The number of amides is 1. The first-order chi connectivity index (χ1) is 19.4. The summed E-state index contributed by atoms with van der Waals surface area (Å²) in [6.45, 7) is 5.13. The summed E-state index contributed by atoms with van der Waals surface area (Å²) in [4.78, 5) is 12.9. The highest BCUT2D eigenvalue weighted by molar-refractivity contribution is 5.93. The highest BCUT2D eigenvalue weighted by Crippen LogP contribution is 2.27. The zero-order valence-electron chi connectivity index (χ0n) is 22.1. The second-order valence-electron chi connectivity index (χ2n) is 9.73. The quantitative estimate of drug-likeness (QED) is 0.209. The first-order valence-electron chi connectivity index (χ1n) is 12.9. The molecular weight excluding hydrogens is 514 g/mol. The standard InChI is InChI=1S/C31H28F2N4O3/c1-20(2)14-15-39-25-11-8-21(9-12-25)30-23(19-37(35-30)24-6-4-3-5-7-24)18-34-31(38)28-17-29(40-36-28)22-10-13-26(32)27(33)16-22/h3-13,16-17,19-20H,14-15,18H2,1-2H3,(H,34,38). The lowest BCUT2D eigenvalue weighted by Gasteiger charge is -2.09. The molecule has 5 rings (SSSR count). The number of benzene rings is 3. The summed E-state index contributed by atoms with van der Waals surface area (Å²) < 4.78 is 39.7. The predicted octanol–water partition coefficient (Wildman–Crippen LogP) is 6.83. The Labute approximate surface area is 230 Å². The average Bonchev–Trinajstić information content (AvgIpc) is 3.62. The Bertz CT molecular complexity index is 1590. The van der Waals surface area contributed by atoms with Gasteiger partial charge >= 0.3 is 0 Å². The number of hydrogen-bond acceptors (Lipinski definition) is 5. The van der Waals surface area contributed by atoms with E-state index in [0.29, 0.717) is 18.2 Å². The van der Waals surface area contributed by atoms with Crippen LogP contribution >= 0.6 is 0 Å². The molecule has 0 atom stereocenters. The van der Waals surface area contributed by atoms with E-state index >= 15 is 0 Å². The summed E-state index contributed by atoms with van der Waals surface area (Å²) in [5, 5.41) is 11.4. The number of carbonyl (C=O) groups is 1. The summed E-state index contributed by atoms with van der Waals surface area (Å²) >= 11 is 0. The second-order valence-corrected chi connectivity index (χ2v) is 9.73. The smallest absolute Gasteiger partial charge is 0.273 e. The van der Waals surface area contributed by atoms with Crippen LogP contribution in [-0.2, 0) is 6.54 Å².